The van der Waals surface area contributed by atoms with Crippen molar-refractivity contribution in [2.75, 3.05) is 0 Å². The van der Waals surface area contributed by atoms with Crippen LogP contribution in [0, 0.1) is 0 Å². The quantitative estimate of drug-likeness (QED) is 0.747. The molecule has 5 nitrogen and oxygen atoms in total. The predicted molar refractivity (Wildman–Crippen MR) is 79.3 cm³/mol. The van der Waals surface area contributed by atoms with Gasteiger partial charge in [0, 0.05) is 12.5 Å². The Balaban J connectivity index is 2.05. The van der Waals surface area contributed by atoms with Crippen molar-refractivity contribution in [1.29, 1.82) is 0 Å². The van der Waals surface area contributed by atoms with Gasteiger partial charge in [-0.1, -0.05) is 12.1 Å². The summed E-state index contributed by atoms with van der Waals surface area (Å²) in [4.78, 5) is 11.6. The number of carboxylic acids is 1. The molecule has 0 bridgehead atoms. The van der Waals surface area contributed by atoms with Crippen LogP contribution in [0.2, 0.25) is 0 Å². The lowest BCUT2D eigenvalue weighted by atomic mass is 9.96. The summed E-state index contributed by atoms with van der Waals surface area (Å²) in [6.07, 6.45) is 1.59. The highest BCUT2D eigenvalue weighted by atomic mass is 16.5. The maximum Gasteiger partial charge on any atom is 0.324 e. The third-order valence-electron chi connectivity index (χ3n) is 3.83. The van der Waals surface area contributed by atoms with E-state index in [9.17, 15) is 9.90 Å². The van der Waals surface area contributed by atoms with Crippen molar-refractivity contribution in [2.24, 2.45) is 0 Å². The van der Waals surface area contributed by atoms with Crippen molar-refractivity contribution in [2.45, 2.75) is 57.4 Å². The number of hydrogen-bond acceptors (Lipinski definition) is 4. The molecule has 2 atom stereocenters. The second kappa shape index (κ2) is 6.45. The summed E-state index contributed by atoms with van der Waals surface area (Å²) in [5.74, 6) is -0.135. The molecular formula is C16H23NO4. The number of rotatable bonds is 6. The first-order valence-corrected chi connectivity index (χ1v) is 7.33. The van der Waals surface area contributed by atoms with Gasteiger partial charge in [-0.25, -0.2) is 0 Å². The van der Waals surface area contributed by atoms with E-state index in [1.807, 2.05) is 32.0 Å². The minimum atomic E-state index is -0.895. The normalized spacial score (nSPS) is 25.2. The summed E-state index contributed by atoms with van der Waals surface area (Å²) in [6.45, 7) is 3.86. The minimum absolute atomic E-state index is 0.0319. The van der Waals surface area contributed by atoms with Crippen LogP contribution in [0.25, 0.3) is 0 Å². The van der Waals surface area contributed by atoms with Gasteiger partial charge in [-0.2, -0.15) is 0 Å². The second-order valence-electron chi connectivity index (χ2n) is 5.97. The van der Waals surface area contributed by atoms with Crippen LogP contribution < -0.4 is 10.1 Å². The molecule has 21 heavy (non-hydrogen) atoms. The summed E-state index contributed by atoms with van der Waals surface area (Å²) >= 11 is 0. The summed E-state index contributed by atoms with van der Waals surface area (Å²) in [7, 11) is 0. The number of aliphatic hydroxyl groups excluding tert-OH is 1. The Kier molecular flexibility index (Phi) is 4.85. The Hall–Kier alpha value is -1.59. The summed E-state index contributed by atoms with van der Waals surface area (Å²) in [5.41, 5.74) is -0.108. The molecule has 0 amide bonds. The molecule has 1 aromatic carbocycles. The fourth-order valence-corrected chi connectivity index (χ4v) is 2.95. The van der Waals surface area contributed by atoms with E-state index in [4.69, 9.17) is 9.84 Å². The van der Waals surface area contributed by atoms with Crippen molar-refractivity contribution in [3.8, 4) is 5.75 Å². The Bertz CT molecular complexity index is 503. The van der Waals surface area contributed by atoms with Crippen molar-refractivity contribution in [3.05, 3.63) is 29.8 Å². The van der Waals surface area contributed by atoms with Crippen LogP contribution >= 0.6 is 0 Å². The van der Waals surface area contributed by atoms with Gasteiger partial charge in [0.1, 0.15) is 17.4 Å². The molecule has 0 saturated heterocycles. The van der Waals surface area contributed by atoms with Crippen LogP contribution in [0.3, 0.4) is 0 Å². The fourth-order valence-electron chi connectivity index (χ4n) is 2.95. The monoisotopic (exact) mass is 293 g/mol. The predicted octanol–water partition coefficient (Wildman–Crippen LogP) is 1.93. The molecule has 2 unspecified atom stereocenters. The molecule has 1 aliphatic rings. The molecular weight excluding hydrogens is 270 g/mol. The number of aliphatic carboxylic acids is 1. The average molecular weight is 293 g/mol. The largest absolute Gasteiger partial charge is 0.490 e. The van der Waals surface area contributed by atoms with Crippen LogP contribution in [0.15, 0.2) is 24.3 Å². The van der Waals surface area contributed by atoms with E-state index in [1.54, 1.807) is 6.07 Å². The molecule has 1 saturated carbocycles. The zero-order valence-electron chi connectivity index (χ0n) is 12.5. The van der Waals surface area contributed by atoms with Gasteiger partial charge in [0.2, 0.25) is 0 Å². The van der Waals surface area contributed by atoms with E-state index < -0.39 is 11.5 Å². The molecule has 1 fully saturated rings. The number of ether oxygens (including phenoxy) is 1. The van der Waals surface area contributed by atoms with Crippen LogP contribution in [0.5, 0.6) is 5.75 Å². The Labute approximate surface area is 124 Å². The first-order valence-electron chi connectivity index (χ1n) is 7.33. The molecule has 3 N–H and O–H groups in total. The smallest absolute Gasteiger partial charge is 0.324 e. The molecule has 1 aromatic rings. The summed E-state index contributed by atoms with van der Waals surface area (Å²) in [6, 6.07) is 7.38. The number of benzene rings is 1. The van der Waals surface area contributed by atoms with Crippen molar-refractivity contribution in [1.82, 2.24) is 5.32 Å². The molecule has 2 rings (SSSR count). The van der Waals surface area contributed by atoms with Crippen molar-refractivity contribution < 1.29 is 19.7 Å². The highest BCUT2D eigenvalue weighted by molar-refractivity contribution is 5.79. The summed E-state index contributed by atoms with van der Waals surface area (Å²) in [5, 5.41) is 21.8. The lowest BCUT2D eigenvalue weighted by molar-refractivity contribution is -0.145. The number of carboxylic acid groups (broad SMARTS) is 1. The van der Waals surface area contributed by atoms with Crippen LogP contribution in [-0.4, -0.2) is 33.9 Å². The zero-order valence-corrected chi connectivity index (χ0v) is 12.5. The molecule has 0 heterocycles. The van der Waals surface area contributed by atoms with E-state index in [2.05, 4.69) is 5.32 Å². The van der Waals surface area contributed by atoms with Gasteiger partial charge in [0.15, 0.2) is 0 Å². The Morgan fingerprint density at radius 1 is 1.52 bits per heavy atom. The summed E-state index contributed by atoms with van der Waals surface area (Å²) < 4.78 is 5.89. The van der Waals surface area contributed by atoms with E-state index in [0.717, 1.165) is 5.56 Å². The molecule has 0 radical (unpaired) electrons. The number of aliphatic hydroxyl groups is 1. The lowest BCUT2D eigenvalue weighted by Crippen LogP contribution is -2.53. The van der Waals surface area contributed by atoms with Gasteiger partial charge >= 0.3 is 5.97 Å². The molecule has 0 aliphatic heterocycles. The number of hydrogen-bond donors (Lipinski definition) is 3. The third-order valence-corrected chi connectivity index (χ3v) is 3.83. The standard InChI is InChI=1S/C16H23NO4/c1-11(2)17-16(15(19)20)7-6-14(9-16)21-13-5-3-4-12(8-13)10-18/h3-5,8,11,14,17-18H,6-7,9-10H2,1-2H3,(H,19,20). The number of nitrogens with one attached hydrogen (secondary N) is 1. The van der Waals surface area contributed by atoms with Gasteiger partial charge < -0.3 is 14.9 Å². The minimum Gasteiger partial charge on any atom is -0.490 e. The first-order chi connectivity index (χ1) is 9.95. The highest BCUT2D eigenvalue weighted by Gasteiger charge is 2.46. The average Bonchev–Trinajstić information content (AvgIpc) is 2.82. The van der Waals surface area contributed by atoms with Gasteiger partial charge in [0.25, 0.3) is 0 Å². The first kappa shape index (κ1) is 15.8. The van der Waals surface area contributed by atoms with Gasteiger partial charge in [-0.05, 0) is 44.4 Å². The van der Waals surface area contributed by atoms with E-state index in [-0.39, 0.29) is 18.8 Å². The third kappa shape index (κ3) is 3.74. The van der Waals surface area contributed by atoms with Crippen molar-refractivity contribution >= 4 is 5.97 Å². The molecule has 1 aliphatic carbocycles. The van der Waals surface area contributed by atoms with E-state index in [0.29, 0.717) is 25.0 Å². The van der Waals surface area contributed by atoms with Gasteiger partial charge in [0.05, 0.1) is 6.61 Å². The zero-order chi connectivity index (χ0) is 15.5. The Morgan fingerprint density at radius 2 is 2.29 bits per heavy atom. The van der Waals surface area contributed by atoms with Crippen LogP contribution in [-0.2, 0) is 11.4 Å². The van der Waals surface area contributed by atoms with Crippen LogP contribution in [0.4, 0.5) is 0 Å². The SMILES string of the molecule is CC(C)NC1(C(=O)O)CCC(Oc2cccc(CO)c2)C1. The fraction of sp³-hybridized carbons (Fsp3) is 0.562. The maximum atomic E-state index is 11.6. The molecule has 5 heteroatoms. The lowest BCUT2D eigenvalue weighted by Gasteiger charge is -2.28. The molecule has 116 valence electrons. The highest BCUT2D eigenvalue weighted by Crippen LogP contribution is 2.33. The Morgan fingerprint density at radius 3 is 2.90 bits per heavy atom. The van der Waals surface area contributed by atoms with Gasteiger partial charge in [-0.3, -0.25) is 10.1 Å². The maximum absolute atomic E-state index is 11.6. The topological polar surface area (TPSA) is 78.8 Å². The van der Waals surface area contributed by atoms with E-state index >= 15 is 0 Å². The molecule has 0 spiro atoms. The molecule has 0 aromatic heterocycles. The van der Waals surface area contributed by atoms with Crippen molar-refractivity contribution in [3.63, 3.8) is 0 Å². The number of carbonyl (C=O) groups is 1. The van der Waals surface area contributed by atoms with Gasteiger partial charge in [-0.15, -0.1) is 0 Å². The van der Waals surface area contributed by atoms with Crippen LogP contribution in [0.1, 0.15) is 38.7 Å². The van der Waals surface area contributed by atoms with E-state index in [1.165, 1.54) is 0 Å². The second-order valence-corrected chi connectivity index (χ2v) is 5.97.